The Morgan fingerprint density at radius 3 is 2.90 bits per heavy atom. The molecule has 29 heavy (non-hydrogen) atoms. The van der Waals surface area contributed by atoms with Crippen LogP contribution in [0, 0.1) is 6.92 Å². The second-order valence-electron chi connectivity index (χ2n) is 6.35. The van der Waals surface area contributed by atoms with Gasteiger partial charge >= 0.3 is 0 Å². The predicted octanol–water partition coefficient (Wildman–Crippen LogP) is 6.27. The van der Waals surface area contributed by atoms with Gasteiger partial charge in [0.2, 0.25) is 11.7 Å². The van der Waals surface area contributed by atoms with Gasteiger partial charge in [-0.05, 0) is 70.9 Å². The molecule has 0 unspecified atom stereocenters. The first-order chi connectivity index (χ1) is 14.2. The van der Waals surface area contributed by atoms with E-state index in [1.54, 1.807) is 17.5 Å². The summed E-state index contributed by atoms with van der Waals surface area (Å²) >= 11 is 5.10. The molecule has 5 aromatic rings. The van der Waals surface area contributed by atoms with Crippen molar-refractivity contribution in [1.82, 2.24) is 20.1 Å². The molecule has 0 amide bonds. The number of aryl methyl sites for hydroxylation is 1. The maximum Gasteiger partial charge on any atom is 0.258 e. The monoisotopic (exact) mass is 464 g/mol. The molecule has 0 N–H and O–H groups in total. The van der Waals surface area contributed by atoms with Crippen molar-refractivity contribution in [1.29, 1.82) is 0 Å². The maximum absolute atomic E-state index is 6.03. The SMILES string of the molecule is Cc1ccc(Oc2ncccc2-c2noc(-c3ccc4ncsc4c3)n2)c(Br)c1. The molecule has 0 saturated carbocycles. The third kappa shape index (κ3) is 3.52. The zero-order valence-corrected chi connectivity index (χ0v) is 17.6. The van der Waals surface area contributed by atoms with Gasteiger partial charge < -0.3 is 9.26 Å². The number of aromatic nitrogens is 4. The number of fused-ring (bicyclic) bond motifs is 1. The standard InChI is InChI=1S/C21H13BrN4O2S/c1-12-4-7-17(15(22)9-12)27-21-14(3-2-8-23-21)19-25-20(28-26-19)13-5-6-16-18(10-13)29-11-24-16/h2-11H,1H3. The Hall–Kier alpha value is -3.10. The fraction of sp³-hybridized carbons (Fsp3) is 0.0476. The van der Waals surface area contributed by atoms with Crippen molar-refractivity contribution < 1.29 is 9.26 Å². The Morgan fingerprint density at radius 1 is 1.07 bits per heavy atom. The van der Waals surface area contributed by atoms with E-state index in [0.717, 1.165) is 25.8 Å². The van der Waals surface area contributed by atoms with E-state index < -0.39 is 0 Å². The van der Waals surface area contributed by atoms with Crippen molar-refractivity contribution in [3.63, 3.8) is 0 Å². The number of rotatable bonds is 4. The molecule has 6 nitrogen and oxygen atoms in total. The molecule has 3 heterocycles. The number of thiazole rings is 1. The second-order valence-corrected chi connectivity index (χ2v) is 8.09. The Kier molecular flexibility index (Phi) is 4.57. The summed E-state index contributed by atoms with van der Waals surface area (Å²) < 4.78 is 13.4. The van der Waals surface area contributed by atoms with Gasteiger partial charge in [-0.2, -0.15) is 4.98 Å². The second kappa shape index (κ2) is 7.38. The highest BCUT2D eigenvalue weighted by molar-refractivity contribution is 9.10. The third-order valence-corrected chi connectivity index (χ3v) is 5.72. The van der Waals surface area contributed by atoms with Gasteiger partial charge in [-0.1, -0.05) is 11.2 Å². The van der Waals surface area contributed by atoms with Crippen molar-refractivity contribution in [2.24, 2.45) is 0 Å². The number of hydrogen-bond acceptors (Lipinski definition) is 7. The van der Waals surface area contributed by atoms with Crippen LogP contribution in [-0.4, -0.2) is 20.1 Å². The van der Waals surface area contributed by atoms with E-state index in [-0.39, 0.29) is 0 Å². The van der Waals surface area contributed by atoms with E-state index in [9.17, 15) is 0 Å². The topological polar surface area (TPSA) is 73.9 Å². The van der Waals surface area contributed by atoms with E-state index in [0.29, 0.717) is 28.9 Å². The van der Waals surface area contributed by atoms with Crippen molar-refractivity contribution in [2.75, 3.05) is 0 Å². The largest absolute Gasteiger partial charge is 0.437 e. The summed E-state index contributed by atoms with van der Waals surface area (Å²) in [4.78, 5) is 13.2. The number of benzene rings is 2. The average molecular weight is 465 g/mol. The molecule has 0 aliphatic rings. The molecule has 5 rings (SSSR count). The quantitative estimate of drug-likeness (QED) is 0.311. The first kappa shape index (κ1) is 18.0. The van der Waals surface area contributed by atoms with Crippen LogP contribution in [0.5, 0.6) is 11.6 Å². The van der Waals surface area contributed by atoms with Gasteiger partial charge in [0, 0.05) is 11.8 Å². The normalized spacial score (nSPS) is 11.1. The van der Waals surface area contributed by atoms with Crippen LogP contribution in [0.1, 0.15) is 5.56 Å². The first-order valence-corrected chi connectivity index (χ1v) is 10.4. The summed E-state index contributed by atoms with van der Waals surface area (Å²) in [7, 11) is 0. The first-order valence-electron chi connectivity index (χ1n) is 8.74. The number of nitrogens with zero attached hydrogens (tertiary/aromatic N) is 4. The minimum atomic E-state index is 0.405. The number of pyridine rings is 1. The van der Waals surface area contributed by atoms with Gasteiger partial charge in [-0.25, -0.2) is 9.97 Å². The molecule has 142 valence electrons. The molecular formula is C21H13BrN4O2S. The van der Waals surface area contributed by atoms with Crippen LogP contribution < -0.4 is 4.74 Å². The molecule has 0 bridgehead atoms. The molecule has 0 saturated heterocycles. The summed E-state index contributed by atoms with van der Waals surface area (Å²) in [5, 5.41) is 4.14. The van der Waals surface area contributed by atoms with Crippen LogP contribution in [0.25, 0.3) is 33.1 Å². The smallest absolute Gasteiger partial charge is 0.258 e. The molecular weight excluding hydrogens is 452 g/mol. The van der Waals surface area contributed by atoms with Crippen LogP contribution in [0.4, 0.5) is 0 Å². The Morgan fingerprint density at radius 2 is 2.00 bits per heavy atom. The lowest BCUT2D eigenvalue weighted by Gasteiger charge is -2.09. The van der Waals surface area contributed by atoms with Crippen molar-refractivity contribution in [3.05, 3.63) is 70.3 Å². The summed E-state index contributed by atoms with van der Waals surface area (Å²) in [5.41, 5.74) is 5.38. The Balaban J connectivity index is 1.50. The molecule has 8 heteroatoms. The van der Waals surface area contributed by atoms with E-state index in [1.807, 2.05) is 61.0 Å². The fourth-order valence-electron chi connectivity index (χ4n) is 2.87. The predicted molar refractivity (Wildman–Crippen MR) is 115 cm³/mol. The molecule has 3 aromatic heterocycles. The lowest BCUT2D eigenvalue weighted by atomic mass is 10.2. The number of hydrogen-bond donors (Lipinski definition) is 0. The van der Waals surface area contributed by atoms with Crippen molar-refractivity contribution >= 4 is 37.5 Å². The lowest BCUT2D eigenvalue weighted by Crippen LogP contribution is -1.93. The van der Waals surface area contributed by atoms with Crippen molar-refractivity contribution in [3.8, 4) is 34.5 Å². The van der Waals surface area contributed by atoms with E-state index in [1.165, 1.54) is 0 Å². The van der Waals surface area contributed by atoms with Crippen molar-refractivity contribution in [2.45, 2.75) is 6.92 Å². The lowest BCUT2D eigenvalue weighted by molar-refractivity contribution is 0.430. The minimum Gasteiger partial charge on any atom is -0.437 e. The highest BCUT2D eigenvalue weighted by Crippen LogP contribution is 2.35. The average Bonchev–Trinajstić information content (AvgIpc) is 3.39. The van der Waals surface area contributed by atoms with Gasteiger partial charge in [-0.15, -0.1) is 11.3 Å². The molecule has 0 fully saturated rings. The molecule has 0 aliphatic carbocycles. The van der Waals surface area contributed by atoms with Gasteiger partial charge in [0.1, 0.15) is 5.75 Å². The minimum absolute atomic E-state index is 0.405. The fourth-order valence-corrected chi connectivity index (χ4v) is 4.16. The van der Waals surface area contributed by atoms with Crippen LogP contribution in [0.3, 0.4) is 0 Å². The Bertz CT molecular complexity index is 1330. The van der Waals surface area contributed by atoms with Gasteiger partial charge in [0.15, 0.2) is 0 Å². The number of ether oxygens (including phenoxy) is 1. The van der Waals surface area contributed by atoms with Gasteiger partial charge in [0.05, 0.1) is 25.8 Å². The number of halogens is 1. The Labute approximate surface area is 178 Å². The van der Waals surface area contributed by atoms with Crippen LogP contribution >= 0.6 is 27.3 Å². The zero-order chi connectivity index (χ0) is 19.8. The summed E-state index contributed by atoms with van der Waals surface area (Å²) in [6, 6.07) is 15.4. The summed E-state index contributed by atoms with van der Waals surface area (Å²) in [5.74, 6) is 1.91. The maximum atomic E-state index is 6.03. The molecule has 0 spiro atoms. The molecule has 0 atom stereocenters. The van der Waals surface area contributed by atoms with E-state index >= 15 is 0 Å². The molecule has 0 radical (unpaired) electrons. The molecule has 0 aliphatic heterocycles. The van der Waals surface area contributed by atoms with Crippen LogP contribution in [0.15, 0.2) is 69.2 Å². The van der Waals surface area contributed by atoms with Crippen LogP contribution in [0.2, 0.25) is 0 Å². The van der Waals surface area contributed by atoms with Gasteiger partial charge in [0.25, 0.3) is 5.89 Å². The van der Waals surface area contributed by atoms with Crippen LogP contribution in [-0.2, 0) is 0 Å². The van der Waals surface area contributed by atoms with E-state index in [2.05, 4.69) is 36.0 Å². The zero-order valence-electron chi connectivity index (χ0n) is 15.2. The summed E-state index contributed by atoms with van der Waals surface area (Å²) in [6.07, 6.45) is 1.67. The third-order valence-electron chi connectivity index (χ3n) is 4.31. The highest BCUT2D eigenvalue weighted by atomic mass is 79.9. The molecule has 2 aromatic carbocycles. The van der Waals surface area contributed by atoms with E-state index in [4.69, 9.17) is 9.26 Å². The van der Waals surface area contributed by atoms with Gasteiger partial charge in [-0.3, -0.25) is 0 Å². The highest BCUT2D eigenvalue weighted by Gasteiger charge is 2.17. The summed E-state index contributed by atoms with van der Waals surface area (Å²) in [6.45, 7) is 2.02.